The lowest BCUT2D eigenvalue weighted by Crippen LogP contribution is -2.18. The minimum Gasteiger partial charge on any atom is -0.322 e. The maximum atomic E-state index is 5.84. The third-order valence-electron chi connectivity index (χ3n) is 3.93. The third kappa shape index (κ3) is 21.8. The fourth-order valence-electron chi connectivity index (χ4n) is 2.54. The van der Waals surface area contributed by atoms with Crippen LogP contribution in [0.15, 0.2) is 24.3 Å². The monoisotopic (exact) mass is 385 g/mol. The first-order valence-electron chi connectivity index (χ1n) is 10.6. The van der Waals surface area contributed by atoms with Gasteiger partial charge in [-0.2, -0.15) is 0 Å². The summed E-state index contributed by atoms with van der Waals surface area (Å²) in [6.45, 7) is 8.96. The molecule has 0 aliphatic carbocycles. The lowest BCUT2D eigenvalue weighted by atomic mass is 10.1. The fourth-order valence-corrected chi connectivity index (χ4v) is 3.44. The first-order chi connectivity index (χ1) is 12.5. The molecule has 3 nitrogen and oxygen atoms in total. The standard InChI is InChI=1S/C22H44NO2P/c1-5-6-7-8-9-10-11-12-13-14-15-16-17-18-19-20-21-24-26(23)25-22(2,3)4/h9-10,12-13H,5-8,11,14-21,23H2,1-4H3/b10-9-,13-12-. The summed E-state index contributed by atoms with van der Waals surface area (Å²) in [6, 6.07) is 0. The topological polar surface area (TPSA) is 44.5 Å². The van der Waals surface area contributed by atoms with Gasteiger partial charge in [0.15, 0.2) is 0 Å². The van der Waals surface area contributed by atoms with Crippen LogP contribution in [0.25, 0.3) is 0 Å². The molecule has 0 saturated carbocycles. The van der Waals surface area contributed by atoms with E-state index in [1.807, 2.05) is 20.8 Å². The molecule has 0 aliphatic heterocycles. The summed E-state index contributed by atoms with van der Waals surface area (Å²) in [5.74, 6) is 0. The van der Waals surface area contributed by atoms with E-state index in [9.17, 15) is 0 Å². The van der Waals surface area contributed by atoms with Gasteiger partial charge in [0, 0.05) is 0 Å². The maximum absolute atomic E-state index is 5.84. The Bertz CT molecular complexity index is 351. The molecule has 0 spiro atoms. The van der Waals surface area contributed by atoms with E-state index in [0.29, 0.717) is 6.61 Å². The highest BCUT2D eigenvalue weighted by atomic mass is 31.2. The van der Waals surface area contributed by atoms with Gasteiger partial charge in [-0.05, 0) is 59.3 Å². The molecule has 0 heterocycles. The minimum absolute atomic E-state index is 0.222. The van der Waals surface area contributed by atoms with E-state index in [1.54, 1.807) is 0 Å². The number of unbranched alkanes of at least 4 members (excludes halogenated alkanes) is 9. The van der Waals surface area contributed by atoms with Crippen LogP contribution in [0.3, 0.4) is 0 Å². The second-order valence-corrected chi connectivity index (χ2v) is 8.92. The van der Waals surface area contributed by atoms with Gasteiger partial charge in [0.05, 0.1) is 12.2 Å². The SMILES string of the molecule is CCCCC/C=C\C/C=C\CCCCCCCCOP(N)OC(C)(C)C. The van der Waals surface area contributed by atoms with Crippen LogP contribution in [0.2, 0.25) is 0 Å². The Balaban J connectivity index is 3.27. The summed E-state index contributed by atoms with van der Waals surface area (Å²) in [5, 5.41) is 0. The molecule has 0 rings (SSSR count). The maximum Gasteiger partial charge on any atom is 0.253 e. The molecule has 0 amide bonds. The first kappa shape index (κ1) is 25.8. The zero-order chi connectivity index (χ0) is 19.5. The highest BCUT2D eigenvalue weighted by Gasteiger charge is 2.16. The number of hydrogen-bond acceptors (Lipinski definition) is 3. The van der Waals surface area contributed by atoms with Crippen LogP contribution in [0, 0.1) is 0 Å². The molecule has 0 aromatic rings. The molecule has 154 valence electrons. The Kier molecular flexibility index (Phi) is 18.0. The largest absolute Gasteiger partial charge is 0.322 e. The van der Waals surface area contributed by atoms with Crippen LogP contribution in [0.5, 0.6) is 0 Å². The van der Waals surface area contributed by atoms with Crippen molar-refractivity contribution >= 4 is 8.53 Å². The van der Waals surface area contributed by atoms with Crippen molar-refractivity contribution in [2.75, 3.05) is 6.61 Å². The second kappa shape index (κ2) is 18.2. The molecule has 0 aromatic carbocycles. The summed E-state index contributed by atoms with van der Waals surface area (Å²) in [7, 11) is -1.22. The van der Waals surface area contributed by atoms with Crippen LogP contribution in [-0.4, -0.2) is 12.2 Å². The number of allylic oxidation sites excluding steroid dienone is 4. The molecule has 0 radical (unpaired) electrons. The van der Waals surface area contributed by atoms with Crippen LogP contribution < -0.4 is 5.50 Å². The van der Waals surface area contributed by atoms with E-state index < -0.39 is 8.53 Å². The predicted octanol–water partition coefficient (Wildman–Crippen LogP) is 7.82. The van der Waals surface area contributed by atoms with E-state index >= 15 is 0 Å². The lowest BCUT2D eigenvalue weighted by molar-refractivity contribution is 0.118. The van der Waals surface area contributed by atoms with Crippen molar-refractivity contribution in [1.82, 2.24) is 0 Å². The summed E-state index contributed by atoms with van der Waals surface area (Å²) >= 11 is 0. The van der Waals surface area contributed by atoms with Gasteiger partial charge in [-0.1, -0.05) is 69.8 Å². The van der Waals surface area contributed by atoms with Crippen molar-refractivity contribution in [3.63, 3.8) is 0 Å². The van der Waals surface area contributed by atoms with Crippen molar-refractivity contribution < 1.29 is 9.05 Å². The predicted molar refractivity (Wildman–Crippen MR) is 117 cm³/mol. The van der Waals surface area contributed by atoms with Crippen molar-refractivity contribution in [3.05, 3.63) is 24.3 Å². The van der Waals surface area contributed by atoms with Crippen LogP contribution in [0.4, 0.5) is 0 Å². The Morgan fingerprint density at radius 2 is 1.31 bits per heavy atom. The molecule has 0 aliphatic rings. The molecular weight excluding hydrogens is 341 g/mol. The Labute approximate surface area is 164 Å². The van der Waals surface area contributed by atoms with Crippen molar-refractivity contribution in [2.45, 2.75) is 110 Å². The van der Waals surface area contributed by atoms with Crippen molar-refractivity contribution in [2.24, 2.45) is 5.50 Å². The molecule has 0 aromatic heterocycles. The summed E-state index contributed by atoms with van der Waals surface area (Å²) in [6.07, 6.45) is 24.4. The van der Waals surface area contributed by atoms with Gasteiger partial charge in [0.2, 0.25) is 0 Å². The average molecular weight is 386 g/mol. The van der Waals surface area contributed by atoms with Crippen molar-refractivity contribution in [1.29, 1.82) is 0 Å². The summed E-state index contributed by atoms with van der Waals surface area (Å²) < 4.78 is 11.1. The van der Waals surface area contributed by atoms with Crippen LogP contribution in [-0.2, 0) is 9.05 Å². The smallest absolute Gasteiger partial charge is 0.253 e. The van der Waals surface area contributed by atoms with Gasteiger partial charge in [0.1, 0.15) is 0 Å². The normalized spacial score (nSPS) is 13.9. The molecule has 0 fully saturated rings. The zero-order valence-corrected chi connectivity index (χ0v) is 18.7. The van der Waals surface area contributed by atoms with E-state index in [1.165, 1.54) is 64.2 Å². The number of nitrogens with two attached hydrogens (primary N) is 1. The number of hydrogen-bond donors (Lipinski definition) is 1. The Morgan fingerprint density at radius 3 is 1.88 bits per heavy atom. The quantitative estimate of drug-likeness (QED) is 0.158. The summed E-state index contributed by atoms with van der Waals surface area (Å²) in [5.41, 5.74) is 5.61. The van der Waals surface area contributed by atoms with E-state index in [-0.39, 0.29) is 5.60 Å². The molecule has 4 heteroatoms. The van der Waals surface area contributed by atoms with Crippen LogP contribution >= 0.6 is 8.53 Å². The van der Waals surface area contributed by atoms with Gasteiger partial charge in [0.25, 0.3) is 8.53 Å². The summed E-state index contributed by atoms with van der Waals surface area (Å²) in [4.78, 5) is 0. The second-order valence-electron chi connectivity index (χ2n) is 7.91. The van der Waals surface area contributed by atoms with E-state index in [2.05, 4.69) is 31.2 Å². The highest BCUT2D eigenvalue weighted by Crippen LogP contribution is 2.34. The van der Waals surface area contributed by atoms with E-state index in [0.717, 1.165) is 12.8 Å². The molecule has 1 atom stereocenters. The highest BCUT2D eigenvalue weighted by molar-refractivity contribution is 7.44. The molecule has 0 bridgehead atoms. The van der Waals surface area contributed by atoms with Gasteiger partial charge >= 0.3 is 0 Å². The first-order valence-corrected chi connectivity index (χ1v) is 11.9. The van der Waals surface area contributed by atoms with Gasteiger partial charge in [-0.15, -0.1) is 0 Å². The fraction of sp³-hybridized carbons (Fsp3) is 0.818. The minimum atomic E-state index is -1.22. The Hall–Kier alpha value is -0.210. The molecule has 0 saturated heterocycles. The van der Waals surface area contributed by atoms with Gasteiger partial charge < -0.3 is 9.05 Å². The third-order valence-corrected chi connectivity index (χ3v) is 5.09. The number of rotatable bonds is 17. The molecule has 26 heavy (non-hydrogen) atoms. The lowest BCUT2D eigenvalue weighted by Gasteiger charge is -2.23. The molecule has 1 unspecified atom stereocenters. The van der Waals surface area contributed by atoms with Gasteiger partial charge in [-0.25, -0.2) is 0 Å². The van der Waals surface area contributed by atoms with Crippen LogP contribution in [0.1, 0.15) is 105 Å². The van der Waals surface area contributed by atoms with Crippen molar-refractivity contribution in [3.8, 4) is 0 Å². The Morgan fingerprint density at radius 1 is 0.769 bits per heavy atom. The molecule has 2 N–H and O–H groups in total. The molecular formula is C22H44NO2P. The average Bonchev–Trinajstić information content (AvgIpc) is 2.56. The van der Waals surface area contributed by atoms with E-state index in [4.69, 9.17) is 14.6 Å². The van der Waals surface area contributed by atoms with Gasteiger partial charge in [-0.3, -0.25) is 5.50 Å². The zero-order valence-electron chi connectivity index (χ0n) is 17.8.